The van der Waals surface area contributed by atoms with E-state index in [0.29, 0.717) is 0 Å². The first kappa shape index (κ1) is 10.4. The summed E-state index contributed by atoms with van der Waals surface area (Å²) in [5, 5.41) is 3.55. The number of rotatable bonds is 3. The van der Waals surface area contributed by atoms with Crippen molar-refractivity contribution < 1.29 is 0 Å². The van der Waals surface area contributed by atoms with Gasteiger partial charge in [0.05, 0.1) is 0 Å². The van der Waals surface area contributed by atoms with E-state index in [1.165, 1.54) is 58.2 Å². The fourth-order valence-corrected chi connectivity index (χ4v) is 2.61. The van der Waals surface area contributed by atoms with Crippen molar-refractivity contribution >= 4 is 0 Å². The van der Waals surface area contributed by atoms with Gasteiger partial charge >= 0.3 is 0 Å². The summed E-state index contributed by atoms with van der Waals surface area (Å²) in [4.78, 5) is 2.60. The third-order valence-corrected chi connectivity index (χ3v) is 3.92. The summed E-state index contributed by atoms with van der Waals surface area (Å²) in [5.74, 6) is 1.02. The topological polar surface area (TPSA) is 15.3 Å². The van der Waals surface area contributed by atoms with Crippen LogP contribution in [0.1, 0.15) is 38.5 Å². The van der Waals surface area contributed by atoms with E-state index in [2.05, 4.69) is 17.3 Å². The summed E-state index contributed by atoms with van der Waals surface area (Å²) >= 11 is 0. The first-order chi connectivity index (χ1) is 6.86. The Morgan fingerprint density at radius 1 is 1.14 bits per heavy atom. The Hall–Kier alpha value is -0.0800. The maximum Gasteiger partial charge on any atom is 0.0217 e. The van der Waals surface area contributed by atoms with Gasteiger partial charge in [-0.3, -0.25) is 0 Å². The highest BCUT2D eigenvalue weighted by atomic mass is 15.2. The minimum Gasteiger partial charge on any atom is -0.315 e. The molecule has 1 N–H and O–H groups in total. The minimum absolute atomic E-state index is 0.804. The van der Waals surface area contributed by atoms with Crippen LogP contribution < -0.4 is 5.32 Å². The third kappa shape index (κ3) is 2.71. The highest BCUT2D eigenvalue weighted by Crippen LogP contribution is 2.27. The molecule has 1 aliphatic heterocycles. The predicted molar refractivity (Wildman–Crippen MR) is 60.5 cm³/mol. The van der Waals surface area contributed by atoms with Gasteiger partial charge in [-0.1, -0.05) is 12.8 Å². The number of hydrogen-bond donors (Lipinski definition) is 1. The third-order valence-electron chi connectivity index (χ3n) is 3.92. The smallest absolute Gasteiger partial charge is 0.0217 e. The molecule has 0 aromatic heterocycles. The van der Waals surface area contributed by atoms with Gasteiger partial charge in [0, 0.05) is 19.1 Å². The lowest BCUT2D eigenvalue weighted by Crippen LogP contribution is -2.42. The van der Waals surface area contributed by atoms with Crippen molar-refractivity contribution in [1.29, 1.82) is 0 Å². The molecule has 0 amide bonds. The van der Waals surface area contributed by atoms with Crippen LogP contribution in [0.2, 0.25) is 0 Å². The van der Waals surface area contributed by atoms with Crippen molar-refractivity contribution in [3.8, 4) is 0 Å². The number of likely N-dealkylation sites (N-methyl/N-ethyl adjacent to an activating group) is 1. The molecule has 1 heterocycles. The number of hydrogen-bond acceptors (Lipinski definition) is 2. The van der Waals surface area contributed by atoms with E-state index < -0.39 is 0 Å². The highest BCUT2D eigenvalue weighted by molar-refractivity contribution is 4.79. The Kier molecular flexibility index (Phi) is 3.82. The molecule has 2 rings (SSSR count). The summed E-state index contributed by atoms with van der Waals surface area (Å²) in [5.41, 5.74) is 0. The van der Waals surface area contributed by atoms with Crippen LogP contribution in [0.5, 0.6) is 0 Å². The summed E-state index contributed by atoms with van der Waals surface area (Å²) in [6.45, 7) is 3.78. The fraction of sp³-hybridized carbons (Fsp3) is 1.00. The average Bonchev–Trinajstić information content (AvgIpc) is 2.38. The van der Waals surface area contributed by atoms with Crippen molar-refractivity contribution in [2.75, 3.05) is 26.7 Å². The molecule has 1 saturated heterocycles. The van der Waals surface area contributed by atoms with Crippen molar-refractivity contribution in [3.05, 3.63) is 0 Å². The van der Waals surface area contributed by atoms with E-state index in [0.717, 1.165) is 12.0 Å². The lowest BCUT2D eigenvalue weighted by atomic mass is 9.85. The molecule has 2 heteroatoms. The van der Waals surface area contributed by atoms with Crippen LogP contribution >= 0.6 is 0 Å². The molecule has 0 radical (unpaired) electrons. The quantitative estimate of drug-likeness (QED) is 0.741. The van der Waals surface area contributed by atoms with Gasteiger partial charge in [-0.05, 0) is 45.2 Å². The van der Waals surface area contributed by atoms with Crippen LogP contribution in [0.4, 0.5) is 0 Å². The number of nitrogens with zero attached hydrogens (tertiary/aromatic N) is 1. The minimum atomic E-state index is 0.804. The lowest BCUT2D eigenvalue weighted by molar-refractivity contribution is 0.156. The second-order valence-corrected chi connectivity index (χ2v) is 5.09. The maximum absolute atomic E-state index is 3.55. The Balaban J connectivity index is 1.73. The molecule has 2 aliphatic rings. The Labute approximate surface area is 88.1 Å². The van der Waals surface area contributed by atoms with E-state index >= 15 is 0 Å². The van der Waals surface area contributed by atoms with Crippen molar-refractivity contribution in [2.45, 2.75) is 44.6 Å². The lowest BCUT2D eigenvalue weighted by Gasteiger charge is -2.34. The van der Waals surface area contributed by atoms with Crippen molar-refractivity contribution in [1.82, 2.24) is 10.2 Å². The van der Waals surface area contributed by atoms with E-state index in [4.69, 9.17) is 0 Å². The predicted octanol–water partition coefficient (Wildman–Crippen LogP) is 1.86. The molecule has 1 aliphatic carbocycles. The van der Waals surface area contributed by atoms with Gasteiger partial charge < -0.3 is 10.2 Å². The first-order valence-corrected chi connectivity index (χ1v) is 6.27. The molecule has 2 fully saturated rings. The summed E-state index contributed by atoms with van der Waals surface area (Å²) in [7, 11) is 2.32. The van der Waals surface area contributed by atoms with Crippen LogP contribution in [0.15, 0.2) is 0 Å². The van der Waals surface area contributed by atoms with Crippen molar-refractivity contribution in [2.24, 2.45) is 5.92 Å². The maximum atomic E-state index is 3.55. The van der Waals surface area contributed by atoms with Gasteiger partial charge in [-0.15, -0.1) is 0 Å². The van der Waals surface area contributed by atoms with Gasteiger partial charge in [0.2, 0.25) is 0 Å². The normalized spacial score (nSPS) is 30.0. The molecular formula is C12H24N2. The molecule has 14 heavy (non-hydrogen) atoms. The zero-order chi connectivity index (χ0) is 9.80. The summed E-state index contributed by atoms with van der Waals surface area (Å²) in [6, 6.07) is 0.804. The standard InChI is InChI=1S/C12H24N2/c1-14(10-11-5-4-6-11)12-7-2-3-8-13-9-12/h11-13H,2-10H2,1H3. The van der Waals surface area contributed by atoms with Crippen LogP contribution in [-0.4, -0.2) is 37.6 Å². The van der Waals surface area contributed by atoms with Gasteiger partial charge in [0.1, 0.15) is 0 Å². The molecule has 1 saturated carbocycles. The second kappa shape index (κ2) is 5.13. The van der Waals surface area contributed by atoms with E-state index in [9.17, 15) is 0 Å². The zero-order valence-corrected chi connectivity index (χ0v) is 9.47. The largest absolute Gasteiger partial charge is 0.315 e. The van der Waals surface area contributed by atoms with Gasteiger partial charge in [-0.2, -0.15) is 0 Å². The van der Waals surface area contributed by atoms with Gasteiger partial charge in [0.15, 0.2) is 0 Å². The molecular weight excluding hydrogens is 172 g/mol. The van der Waals surface area contributed by atoms with E-state index in [-0.39, 0.29) is 0 Å². The molecule has 0 aromatic carbocycles. The SMILES string of the molecule is CN(CC1CCC1)C1CCCCNC1. The molecule has 2 nitrogen and oxygen atoms in total. The van der Waals surface area contributed by atoms with E-state index in [1.54, 1.807) is 0 Å². The monoisotopic (exact) mass is 196 g/mol. The van der Waals surface area contributed by atoms with E-state index in [1.807, 2.05) is 0 Å². The van der Waals surface area contributed by atoms with Gasteiger partial charge in [0.25, 0.3) is 0 Å². The molecule has 1 atom stereocenters. The molecule has 0 spiro atoms. The Morgan fingerprint density at radius 3 is 2.71 bits per heavy atom. The van der Waals surface area contributed by atoms with Crippen LogP contribution in [0, 0.1) is 5.92 Å². The molecule has 82 valence electrons. The Morgan fingerprint density at radius 2 is 2.00 bits per heavy atom. The molecule has 0 aromatic rings. The first-order valence-electron chi connectivity index (χ1n) is 6.27. The average molecular weight is 196 g/mol. The number of nitrogens with one attached hydrogen (secondary N) is 1. The highest BCUT2D eigenvalue weighted by Gasteiger charge is 2.23. The summed E-state index contributed by atoms with van der Waals surface area (Å²) in [6.07, 6.45) is 8.60. The zero-order valence-electron chi connectivity index (χ0n) is 9.47. The van der Waals surface area contributed by atoms with Crippen LogP contribution in [-0.2, 0) is 0 Å². The van der Waals surface area contributed by atoms with Gasteiger partial charge in [-0.25, -0.2) is 0 Å². The molecule has 0 bridgehead atoms. The fourth-order valence-electron chi connectivity index (χ4n) is 2.61. The second-order valence-electron chi connectivity index (χ2n) is 5.09. The Bertz CT molecular complexity index is 158. The van der Waals surface area contributed by atoms with Crippen molar-refractivity contribution in [3.63, 3.8) is 0 Å². The van der Waals surface area contributed by atoms with Crippen LogP contribution in [0.25, 0.3) is 0 Å². The molecule has 1 unspecified atom stereocenters. The summed E-state index contributed by atoms with van der Waals surface area (Å²) < 4.78 is 0. The van der Waals surface area contributed by atoms with Crippen LogP contribution in [0.3, 0.4) is 0 Å².